The maximum absolute atomic E-state index is 11.5. The molecular weight excluding hydrogens is 358 g/mol. The fourth-order valence-corrected chi connectivity index (χ4v) is 2.48. The van der Waals surface area contributed by atoms with Crippen LogP contribution in [0.1, 0.15) is 18.1 Å². The average Bonchev–Trinajstić information content (AvgIpc) is 2.70. The maximum Gasteiger partial charge on any atom is 0.336 e. The standard InChI is InChI=1S/C21H15N3O4/c1-2-15(21(25)26)16-8-4-6-10-18(16)28-20-11-19(23-13-24-20)27-17-9-5-3-7-14(17)12-22/h2-11,13H,1H3,(H,25,26)/b15-2+. The SMILES string of the molecule is C/C=C(/C(=O)O)c1ccccc1Oc1cc(Oc2ccccc2C#N)ncn1. The summed E-state index contributed by atoms with van der Waals surface area (Å²) in [5.41, 5.74) is 0.908. The first kappa shape index (κ1) is 18.6. The van der Waals surface area contributed by atoms with Gasteiger partial charge in [-0.1, -0.05) is 36.4 Å². The van der Waals surface area contributed by atoms with Crippen LogP contribution in [-0.4, -0.2) is 21.0 Å². The van der Waals surface area contributed by atoms with Crippen LogP contribution in [0.2, 0.25) is 0 Å². The number of benzene rings is 2. The summed E-state index contributed by atoms with van der Waals surface area (Å²) in [7, 11) is 0. The van der Waals surface area contributed by atoms with Crippen molar-refractivity contribution >= 4 is 11.5 Å². The van der Waals surface area contributed by atoms with Gasteiger partial charge in [0.15, 0.2) is 0 Å². The number of carboxylic acid groups (broad SMARTS) is 1. The van der Waals surface area contributed by atoms with Gasteiger partial charge in [-0.2, -0.15) is 5.26 Å². The molecule has 0 bridgehead atoms. The van der Waals surface area contributed by atoms with Crippen LogP contribution in [0.25, 0.3) is 5.57 Å². The topological polar surface area (TPSA) is 105 Å². The van der Waals surface area contributed by atoms with Crippen molar-refractivity contribution in [2.75, 3.05) is 0 Å². The highest BCUT2D eigenvalue weighted by atomic mass is 16.5. The fourth-order valence-electron chi connectivity index (χ4n) is 2.48. The van der Waals surface area contributed by atoms with E-state index in [9.17, 15) is 9.90 Å². The van der Waals surface area contributed by atoms with Crippen molar-refractivity contribution in [3.8, 4) is 29.3 Å². The second kappa shape index (κ2) is 8.47. The van der Waals surface area contributed by atoms with E-state index in [0.29, 0.717) is 22.6 Å². The summed E-state index contributed by atoms with van der Waals surface area (Å²) < 4.78 is 11.4. The van der Waals surface area contributed by atoms with E-state index in [1.54, 1.807) is 55.5 Å². The molecule has 0 saturated heterocycles. The lowest BCUT2D eigenvalue weighted by Crippen LogP contribution is -2.02. The van der Waals surface area contributed by atoms with E-state index in [4.69, 9.17) is 14.7 Å². The number of rotatable bonds is 6. The number of carbonyl (C=O) groups is 1. The van der Waals surface area contributed by atoms with Crippen LogP contribution in [0.4, 0.5) is 0 Å². The molecular formula is C21H15N3O4. The lowest BCUT2D eigenvalue weighted by atomic mass is 10.0. The second-order valence-electron chi connectivity index (χ2n) is 5.51. The Balaban J connectivity index is 1.89. The number of aromatic nitrogens is 2. The normalized spacial score (nSPS) is 10.8. The third-order valence-electron chi connectivity index (χ3n) is 3.75. The third-order valence-corrected chi connectivity index (χ3v) is 3.75. The highest BCUT2D eigenvalue weighted by Gasteiger charge is 2.15. The molecule has 0 fully saturated rings. The van der Waals surface area contributed by atoms with Crippen LogP contribution in [0.5, 0.6) is 23.3 Å². The molecule has 7 nitrogen and oxygen atoms in total. The van der Waals surface area contributed by atoms with Crippen molar-refractivity contribution in [3.63, 3.8) is 0 Å². The fraction of sp³-hybridized carbons (Fsp3) is 0.0476. The summed E-state index contributed by atoms with van der Waals surface area (Å²) in [6.07, 6.45) is 2.76. The number of para-hydroxylation sites is 2. The van der Waals surface area contributed by atoms with E-state index < -0.39 is 5.97 Å². The van der Waals surface area contributed by atoms with Gasteiger partial charge in [0.2, 0.25) is 11.8 Å². The van der Waals surface area contributed by atoms with Gasteiger partial charge < -0.3 is 14.6 Å². The molecule has 0 aliphatic heterocycles. The zero-order valence-corrected chi connectivity index (χ0v) is 14.9. The summed E-state index contributed by atoms with van der Waals surface area (Å²) in [5, 5.41) is 18.5. The zero-order chi connectivity index (χ0) is 19.9. The Bertz CT molecular complexity index is 1090. The van der Waals surface area contributed by atoms with Crippen LogP contribution < -0.4 is 9.47 Å². The van der Waals surface area contributed by atoms with E-state index in [-0.39, 0.29) is 17.3 Å². The molecule has 3 rings (SSSR count). The van der Waals surface area contributed by atoms with E-state index in [2.05, 4.69) is 9.97 Å². The predicted molar refractivity (Wildman–Crippen MR) is 101 cm³/mol. The summed E-state index contributed by atoms with van der Waals surface area (Å²) in [5.74, 6) is -0.00187. The minimum absolute atomic E-state index is 0.115. The molecule has 2 aromatic carbocycles. The number of nitrogens with zero attached hydrogens (tertiary/aromatic N) is 3. The zero-order valence-electron chi connectivity index (χ0n) is 14.9. The molecule has 7 heteroatoms. The van der Waals surface area contributed by atoms with Crippen molar-refractivity contribution in [1.29, 1.82) is 5.26 Å². The van der Waals surface area contributed by atoms with Crippen LogP contribution >= 0.6 is 0 Å². The van der Waals surface area contributed by atoms with Crippen LogP contribution in [0, 0.1) is 11.3 Å². The molecule has 0 aliphatic rings. The molecule has 0 aliphatic carbocycles. The molecule has 0 radical (unpaired) electrons. The van der Waals surface area contributed by atoms with Crippen molar-refractivity contribution in [2.24, 2.45) is 0 Å². The van der Waals surface area contributed by atoms with E-state index in [1.165, 1.54) is 18.5 Å². The Kier molecular flexibility index (Phi) is 5.63. The molecule has 1 heterocycles. The molecule has 0 spiro atoms. The molecule has 0 amide bonds. The summed E-state index contributed by atoms with van der Waals surface area (Å²) in [6.45, 7) is 1.64. The summed E-state index contributed by atoms with van der Waals surface area (Å²) >= 11 is 0. The largest absolute Gasteiger partial charge is 0.478 e. The lowest BCUT2D eigenvalue weighted by molar-refractivity contribution is -0.130. The number of hydrogen-bond acceptors (Lipinski definition) is 6. The van der Waals surface area contributed by atoms with Crippen molar-refractivity contribution < 1.29 is 19.4 Å². The van der Waals surface area contributed by atoms with Crippen LogP contribution in [0.3, 0.4) is 0 Å². The lowest BCUT2D eigenvalue weighted by Gasteiger charge is -2.11. The number of carboxylic acids is 1. The number of ether oxygens (including phenoxy) is 2. The molecule has 1 aromatic heterocycles. The molecule has 138 valence electrons. The minimum Gasteiger partial charge on any atom is -0.478 e. The third kappa shape index (κ3) is 4.14. The molecule has 1 N–H and O–H groups in total. The molecule has 0 unspecified atom stereocenters. The van der Waals surface area contributed by atoms with E-state index in [1.807, 2.05) is 6.07 Å². The van der Waals surface area contributed by atoms with Gasteiger partial charge in [-0.15, -0.1) is 0 Å². The van der Waals surface area contributed by atoms with Gasteiger partial charge in [0.25, 0.3) is 0 Å². The van der Waals surface area contributed by atoms with Gasteiger partial charge in [0, 0.05) is 5.56 Å². The van der Waals surface area contributed by atoms with Gasteiger partial charge in [0.05, 0.1) is 17.2 Å². The molecule has 28 heavy (non-hydrogen) atoms. The smallest absolute Gasteiger partial charge is 0.336 e. The Morgan fingerprint density at radius 2 is 1.64 bits per heavy atom. The Labute approximate surface area is 161 Å². The van der Waals surface area contributed by atoms with Crippen molar-refractivity contribution in [3.05, 3.63) is 78.1 Å². The first-order valence-corrected chi connectivity index (χ1v) is 8.28. The van der Waals surface area contributed by atoms with Gasteiger partial charge in [0.1, 0.15) is 23.9 Å². The number of nitriles is 1. The maximum atomic E-state index is 11.5. The van der Waals surface area contributed by atoms with Crippen molar-refractivity contribution in [1.82, 2.24) is 9.97 Å². The Hall–Kier alpha value is -4.18. The molecule has 0 saturated carbocycles. The first-order valence-electron chi connectivity index (χ1n) is 8.28. The highest BCUT2D eigenvalue weighted by molar-refractivity contribution is 6.16. The highest BCUT2D eigenvalue weighted by Crippen LogP contribution is 2.31. The van der Waals surface area contributed by atoms with Crippen molar-refractivity contribution in [2.45, 2.75) is 6.92 Å². The molecule has 0 atom stereocenters. The van der Waals surface area contributed by atoms with Gasteiger partial charge >= 0.3 is 5.97 Å². The van der Waals surface area contributed by atoms with E-state index in [0.717, 1.165) is 0 Å². The quantitative estimate of drug-likeness (QED) is 0.638. The number of allylic oxidation sites excluding steroid dienone is 1. The van der Waals surface area contributed by atoms with Crippen LogP contribution in [0.15, 0.2) is 67.0 Å². The molecule has 3 aromatic rings. The van der Waals surface area contributed by atoms with E-state index >= 15 is 0 Å². The Morgan fingerprint density at radius 1 is 1.04 bits per heavy atom. The second-order valence-corrected chi connectivity index (χ2v) is 5.51. The minimum atomic E-state index is -1.06. The number of aliphatic carboxylic acids is 1. The van der Waals surface area contributed by atoms with Gasteiger partial charge in [-0.3, -0.25) is 0 Å². The van der Waals surface area contributed by atoms with Crippen LogP contribution in [-0.2, 0) is 4.79 Å². The van der Waals surface area contributed by atoms with Gasteiger partial charge in [-0.05, 0) is 25.1 Å². The first-order chi connectivity index (χ1) is 13.6. The summed E-state index contributed by atoms with van der Waals surface area (Å²) in [4.78, 5) is 19.5. The average molecular weight is 373 g/mol. The predicted octanol–water partition coefficient (Wildman–Crippen LogP) is 4.42. The van der Waals surface area contributed by atoms with Gasteiger partial charge in [-0.25, -0.2) is 14.8 Å². The summed E-state index contributed by atoms with van der Waals surface area (Å²) in [6, 6.07) is 17.0. The monoisotopic (exact) mass is 373 g/mol. The Morgan fingerprint density at radius 3 is 2.29 bits per heavy atom. The number of hydrogen-bond donors (Lipinski definition) is 1.